The summed E-state index contributed by atoms with van der Waals surface area (Å²) < 4.78 is 24.7. The minimum absolute atomic E-state index is 0.00320. The Morgan fingerprint density at radius 2 is 1.16 bits per heavy atom. The van der Waals surface area contributed by atoms with E-state index in [9.17, 15) is 33.6 Å². The molecule has 17 heteroatoms. The van der Waals surface area contributed by atoms with Crippen LogP contribution in [0.1, 0.15) is 126 Å². The Labute approximate surface area is 408 Å². The van der Waals surface area contributed by atoms with Gasteiger partial charge in [-0.1, -0.05) is 92.6 Å². The number of amides is 3. The SMILES string of the molecule is CC(C)C(N)C(=O)NCC(=O)OC1CCC2(C)C(C1)CC(OC(=O)CNC(=O)C(N)C(C)C)C1C2CC(OC(=O)CNC(=O)C(N)C(C)C)C2(C)C(C(C)CCC(=O)OCc3ccccc3)CCC12. The van der Waals surface area contributed by atoms with Crippen molar-refractivity contribution < 1.29 is 52.5 Å². The summed E-state index contributed by atoms with van der Waals surface area (Å²) in [6.45, 7) is 16.6. The van der Waals surface area contributed by atoms with Gasteiger partial charge in [0.1, 0.15) is 44.6 Å². The number of hydrogen-bond acceptors (Lipinski definition) is 14. The average Bonchev–Trinajstić information content (AvgIpc) is 3.68. The van der Waals surface area contributed by atoms with E-state index >= 15 is 0 Å². The summed E-state index contributed by atoms with van der Waals surface area (Å²) in [5, 5.41) is 7.93. The molecule has 0 spiro atoms. The van der Waals surface area contributed by atoms with Crippen LogP contribution in [0.2, 0.25) is 0 Å². The number of nitrogens with two attached hydrogens (primary N) is 3. The van der Waals surface area contributed by atoms with Gasteiger partial charge in [-0.25, -0.2) is 0 Å². The van der Waals surface area contributed by atoms with Crippen molar-refractivity contribution in [2.75, 3.05) is 19.6 Å². The number of fused-ring (bicyclic) bond motifs is 5. The van der Waals surface area contributed by atoms with Gasteiger partial charge in [0.25, 0.3) is 0 Å². The molecule has 4 saturated carbocycles. The Morgan fingerprint density at radius 3 is 1.70 bits per heavy atom. The minimum Gasteiger partial charge on any atom is -0.461 e. The van der Waals surface area contributed by atoms with Gasteiger partial charge in [0.15, 0.2) is 0 Å². The normalized spacial score (nSPS) is 30.1. The summed E-state index contributed by atoms with van der Waals surface area (Å²) >= 11 is 0. The fourth-order valence-electron chi connectivity index (χ4n) is 12.2. The second-order valence-corrected chi connectivity index (χ2v) is 22.0. The summed E-state index contributed by atoms with van der Waals surface area (Å²) in [5.41, 5.74) is 18.1. The molecule has 9 N–H and O–H groups in total. The van der Waals surface area contributed by atoms with Gasteiger partial charge < -0.3 is 52.1 Å². The summed E-state index contributed by atoms with van der Waals surface area (Å²) in [6.07, 6.45) is 3.24. The molecule has 69 heavy (non-hydrogen) atoms. The highest BCUT2D eigenvalue weighted by atomic mass is 16.6. The lowest BCUT2D eigenvalue weighted by molar-refractivity contribution is -0.225. The van der Waals surface area contributed by atoms with Crippen LogP contribution in [0, 0.1) is 64.1 Å². The molecule has 4 aliphatic carbocycles. The van der Waals surface area contributed by atoms with Gasteiger partial charge in [-0.3, -0.25) is 33.6 Å². The van der Waals surface area contributed by atoms with Gasteiger partial charge in [0.2, 0.25) is 17.7 Å². The predicted molar refractivity (Wildman–Crippen MR) is 258 cm³/mol. The van der Waals surface area contributed by atoms with Gasteiger partial charge in [0.05, 0.1) is 18.1 Å². The molecule has 14 atom stereocenters. The van der Waals surface area contributed by atoms with E-state index in [0.29, 0.717) is 38.5 Å². The van der Waals surface area contributed by atoms with Crippen LogP contribution in [0.3, 0.4) is 0 Å². The quantitative estimate of drug-likeness (QED) is 0.0750. The molecule has 1 aromatic carbocycles. The van der Waals surface area contributed by atoms with Crippen LogP contribution in [0.15, 0.2) is 30.3 Å². The van der Waals surface area contributed by atoms with Crippen molar-refractivity contribution in [3.05, 3.63) is 35.9 Å². The molecule has 0 aliphatic heterocycles. The molecule has 0 saturated heterocycles. The molecule has 5 rings (SSSR count). The molecule has 386 valence electrons. The third kappa shape index (κ3) is 13.4. The van der Waals surface area contributed by atoms with E-state index in [1.807, 2.05) is 71.9 Å². The van der Waals surface area contributed by atoms with E-state index in [1.54, 1.807) is 0 Å². The Hall–Kier alpha value is -4.61. The Morgan fingerprint density at radius 1 is 0.638 bits per heavy atom. The second kappa shape index (κ2) is 24.0. The molecule has 4 aliphatic rings. The van der Waals surface area contributed by atoms with Crippen molar-refractivity contribution in [1.82, 2.24) is 16.0 Å². The molecule has 4 fully saturated rings. The minimum atomic E-state index is -0.804. The van der Waals surface area contributed by atoms with Crippen molar-refractivity contribution in [2.24, 2.45) is 81.3 Å². The third-order valence-electron chi connectivity index (χ3n) is 16.6. The number of carbonyl (C=O) groups excluding carboxylic acids is 7. The van der Waals surface area contributed by atoms with Crippen LogP contribution < -0.4 is 33.2 Å². The standard InChI is InChI=1S/C52H82N6O11/c1-28(2)45(53)48(63)56-24-41(60)67-34-19-20-51(8)33(21-34)22-38(68-42(61)25-57-49(64)46(54)29(3)4)44-36-17-16-35(31(7)15-18-40(59)66-27-32-13-11-10-12-14-32)52(36,9)39(23-37(44)51)69-43(62)26-58-50(65)47(55)30(5)6/h10-14,28-31,33-39,44-47H,15-27,53-55H2,1-9H3,(H,56,63)(H,57,64)(H,58,65). The number of hydrogen-bond donors (Lipinski definition) is 6. The molecular weight excluding hydrogens is 885 g/mol. The fraction of sp³-hybridized carbons (Fsp3) is 0.750. The van der Waals surface area contributed by atoms with E-state index < -0.39 is 77.5 Å². The maximum Gasteiger partial charge on any atom is 0.325 e. The van der Waals surface area contributed by atoms with Crippen molar-refractivity contribution in [2.45, 2.75) is 163 Å². The molecule has 17 nitrogen and oxygen atoms in total. The Kier molecular flexibility index (Phi) is 19.2. The highest BCUT2D eigenvalue weighted by molar-refractivity contribution is 5.87. The molecule has 0 heterocycles. The van der Waals surface area contributed by atoms with E-state index in [-0.39, 0.29) is 97.3 Å². The zero-order valence-corrected chi connectivity index (χ0v) is 42.5. The summed E-state index contributed by atoms with van der Waals surface area (Å²) in [6, 6.07) is 7.14. The molecule has 0 aromatic heterocycles. The van der Waals surface area contributed by atoms with Gasteiger partial charge in [-0.05, 0) is 110 Å². The zero-order chi connectivity index (χ0) is 51.0. The van der Waals surface area contributed by atoms with E-state index in [4.69, 9.17) is 36.1 Å². The fourth-order valence-corrected chi connectivity index (χ4v) is 12.2. The number of nitrogens with one attached hydrogen (secondary N) is 3. The van der Waals surface area contributed by atoms with Gasteiger partial charge >= 0.3 is 23.9 Å². The van der Waals surface area contributed by atoms with Gasteiger partial charge in [-0.15, -0.1) is 0 Å². The maximum absolute atomic E-state index is 13.9. The van der Waals surface area contributed by atoms with Crippen LogP contribution in [0.5, 0.6) is 0 Å². The average molecular weight is 967 g/mol. The Balaban J connectivity index is 1.43. The summed E-state index contributed by atoms with van der Waals surface area (Å²) in [5.74, 6) is -4.25. The van der Waals surface area contributed by atoms with Crippen molar-refractivity contribution in [3.63, 3.8) is 0 Å². The third-order valence-corrected chi connectivity index (χ3v) is 16.6. The number of rotatable bonds is 21. The number of esters is 4. The molecule has 14 unspecified atom stereocenters. The monoisotopic (exact) mass is 967 g/mol. The first-order valence-corrected chi connectivity index (χ1v) is 25.4. The molecular formula is C52H82N6O11. The van der Waals surface area contributed by atoms with Crippen LogP contribution in [-0.2, 0) is 59.1 Å². The Bertz CT molecular complexity index is 1970. The van der Waals surface area contributed by atoms with Crippen molar-refractivity contribution in [1.29, 1.82) is 0 Å². The molecule has 0 radical (unpaired) electrons. The number of carbonyl (C=O) groups is 7. The van der Waals surface area contributed by atoms with Crippen molar-refractivity contribution in [3.8, 4) is 0 Å². The highest BCUT2D eigenvalue weighted by Crippen LogP contribution is 2.69. The van der Waals surface area contributed by atoms with E-state index in [2.05, 4.69) is 36.7 Å². The van der Waals surface area contributed by atoms with Crippen LogP contribution in [-0.4, -0.2) is 97.7 Å². The highest BCUT2D eigenvalue weighted by Gasteiger charge is 2.68. The van der Waals surface area contributed by atoms with Gasteiger partial charge in [-0.2, -0.15) is 0 Å². The number of ether oxygens (including phenoxy) is 4. The topological polar surface area (TPSA) is 271 Å². The smallest absolute Gasteiger partial charge is 0.325 e. The maximum atomic E-state index is 13.9. The van der Waals surface area contributed by atoms with Gasteiger partial charge in [0, 0.05) is 17.8 Å². The first-order valence-electron chi connectivity index (χ1n) is 25.4. The lowest BCUT2D eigenvalue weighted by Crippen LogP contribution is -2.64. The first-order chi connectivity index (χ1) is 32.5. The van der Waals surface area contributed by atoms with Crippen LogP contribution >= 0.6 is 0 Å². The van der Waals surface area contributed by atoms with Crippen LogP contribution in [0.4, 0.5) is 0 Å². The zero-order valence-electron chi connectivity index (χ0n) is 42.5. The van der Waals surface area contributed by atoms with E-state index in [0.717, 1.165) is 18.4 Å². The summed E-state index contributed by atoms with van der Waals surface area (Å²) in [4.78, 5) is 92.3. The molecule has 1 aromatic rings. The lowest BCUT2D eigenvalue weighted by Gasteiger charge is -2.64. The molecule has 3 amide bonds. The molecule has 0 bridgehead atoms. The largest absolute Gasteiger partial charge is 0.461 e. The van der Waals surface area contributed by atoms with Crippen LogP contribution in [0.25, 0.3) is 0 Å². The summed E-state index contributed by atoms with van der Waals surface area (Å²) in [7, 11) is 0. The second-order valence-electron chi connectivity index (χ2n) is 22.0. The van der Waals surface area contributed by atoms with E-state index in [1.165, 1.54) is 0 Å². The predicted octanol–water partition coefficient (Wildman–Crippen LogP) is 4.06. The first kappa shape index (κ1) is 55.3. The lowest BCUT2D eigenvalue weighted by atomic mass is 9.43. The van der Waals surface area contributed by atoms with Crippen molar-refractivity contribution >= 4 is 41.6 Å². The number of benzene rings is 1.